The average Bonchev–Trinajstić information content (AvgIpc) is 2.86. The topological polar surface area (TPSA) is 69.6 Å². The van der Waals surface area contributed by atoms with Crippen LogP contribution in [0.1, 0.15) is 41.3 Å². The SMILES string of the molecule is CCOc1ccc(C2(CNC(=O)c3cccn(Cc4ccccc4)c3=O)CCOCC2)cc1. The third-order valence-corrected chi connectivity index (χ3v) is 6.28. The zero-order chi connectivity index (χ0) is 23.1. The molecule has 0 radical (unpaired) electrons. The quantitative estimate of drug-likeness (QED) is 0.572. The Balaban J connectivity index is 1.51. The van der Waals surface area contributed by atoms with Crippen molar-refractivity contribution in [2.75, 3.05) is 26.4 Å². The lowest BCUT2D eigenvalue weighted by atomic mass is 9.74. The fraction of sp³-hybridized carbons (Fsp3) is 0.333. The Morgan fingerprint density at radius 3 is 2.45 bits per heavy atom. The normalized spacial score (nSPS) is 15.1. The van der Waals surface area contributed by atoms with Gasteiger partial charge in [-0.15, -0.1) is 0 Å². The molecule has 1 aromatic heterocycles. The Labute approximate surface area is 194 Å². The van der Waals surface area contributed by atoms with E-state index in [0.717, 1.165) is 29.7 Å². The van der Waals surface area contributed by atoms with Gasteiger partial charge in [-0.1, -0.05) is 42.5 Å². The number of ether oxygens (including phenoxy) is 2. The molecule has 0 spiro atoms. The summed E-state index contributed by atoms with van der Waals surface area (Å²) in [6.45, 7) is 4.72. The van der Waals surface area contributed by atoms with Crippen LogP contribution in [0.15, 0.2) is 77.7 Å². The lowest BCUT2D eigenvalue weighted by Crippen LogP contribution is -2.45. The smallest absolute Gasteiger partial charge is 0.263 e. The number of carbonyl (C=O) groups excluding carboxylic acids is 1. The summed E-state index contributed by atoms with van der Waals surface area (Å²) in [5, 5.41) is 3.04. The highest BCUT2D eigenvalue weighted by atomic mass is 16.5. The Morgan fingerprint density at radius 1 is 1.03 bits per heavy atom. The molecule has 0 saturated carbocycles. The maximum absolute atomic E-state index is 13.0. The van der Waals surface area contributed by atoms with Crippen molar-refractivity contribution in [1.29, 1.82) is 0 Å². The van der Waals surface area contributed by atoms with Crippen molar-refractivity contribution in [2.24, 2.45) is 0 Å². The van der Waals surface area contributed by atoms with E-state index in [1.165, 1.54) is 0 Å². The predicted molar refractivity (Wildman–Crippen MR) is 128 cm³/mol. The molecular weight excluding hydrogens is 416 g/mol. The second-order valence-electron chi connectivity index (χ2n) is 8.37. The fourth-order valence-electron chi connectivity index (χ4n) is 4.36. The van der Waals surface area contributed by atoms with E-state index in [4.69, 9.17) is 9.47 Å². The monoisotopic (exact) mass is 446 g/mol. The highest BCUT2D eigenvalue weighted by molar-refractivity contribution is 5.93. The van der Waals surface area contributed by atoms with Gasteiger partial charge in [0.05, 0.1) is 13.2 Å². The summed E-state index contributed by atoms with van der Waals surface area (Å²) in [6, 6.07) is 21.1. The molecule has 0 bridgehead atoms. The third-order valence-electron chi connectivity index (χ3n) is 6.28. The zero-order valence-electron chi connectivity index (χ0n) is 19.0. The van der Waals surface area contributed by atoms with Crippen molar-refractivity contribution in [3.63, 3.8) is 0 Å². The number of aromatic nitrogens is 1. The van der Waals surface area contributed by atoms with Gasteiger partial charge in [0.25, 0.3) is 11.5 Å². The van der Waals surface area contributed by atoms with Gasteiger partial charge in [0.1, 0.15) is 11.3 Å². The van der Waals surface area contributed by atoms with Crippen molar-refractivity contribution in [3.8, 4) is 5.75 Å². The maximum Gasteiger partial charge on any atom is 0.263 e. The Morgan fingerprint density at radius 2 is 1.76 bits per heavy atom. The van der Waals surface area contributed by atoms with Crippen molar-refractivity contribution >= 4 is 5.91 Å². The molecule has 1 saturated heterocycles. The van der Waals surface area contributed by atoms with E-state index in [1.54, 1.807) is 22.9 Å². The number of amides is 1. The summed E-state index contributed by atoms with van der Waals surface area (Å²) >= 11 is 0. The molecule has 4 rings (SSSR count). The molecule has 2 heterocycles. The van der Waals surface area contributed by atoms with Gasteiger partial charge in [-0.05, 0) is 55.2 Å². The summed E-state index contributed by atoms with van der Waals surface area (Å²) in [7, 11) is 0. The van der Waals surface area contributed by atoms with Crippen LogP contribution in [-0.4, -0.2) is 36.8 Å². The zero-order valence-corrected chi connectivity index (χ0v) is 19.0. The van der Waals surface area contributed by atoms with Crippen LogP contribution in [0.4, 0.5) is 0 Å². The molecule has 1 N–H and O–H groups in total. The highest BCUT2D eigenvalue weighted by Gasteiger charge is 2.35. The lowest BCUT2D eigenvalue weighted by molar-refractivity contribution is 0.0487. The molecule has 33 heavy (non-hydrogen) atoms. The van der Waals surface area contributed by atoms with Crippen LogP contribution >= 0.6 is 0 Å². The van der Waals surface area contributed by atoms with Crippen LogP contribution in [0.2, 0.25) is 0 Å². The first-order valence-electron chi connectivity index (χ1n) is 11.4. The van der Waals surface area contributed by atoms with E-state index in [-0.39, 0.29) is 22.4 Å². The highest BCUT2D eigenvalue weighted by Crippen LogP contribution is 2.35. The van der Waals surface area contributed by atoms with E-state index in [0.29, 0.717) is 32.9 Å². The number of benzene rings is 2. The second kappa shape index (κ2) is 10.5. The molecule has 6 nitrogen and oxygen atoms in total. The molecule has 1 fully saturated rings. The van der Waals surface area contributed by atoms with Crippen molar-refractivity contribution < 1.29 is 14.3 Å². The summed E-state index contributed by atoms with van der Waals surface area (Å²) in [5.41, 5.74) is 1.78. The third kappa shape index (κ3) is 5.34. The molecule has 1 aliphatic rings. The van der Waals surface area contributed by atoms with Gasteiger partial charge in [0.2, 0.25) is 0 Å². The maximum atomic E-state index is 13.0. The first-order chi connectivity index (χ1) is 16.1. The Kier molecular flexibility index (Phi) is 7.25. The first kappa shape index (κ1) is 22.8. The number of rotatable bonds is 8. The van der Waals surface area contributed by atoms with E-state index < -0.39 is 0 Å². The molecule has 172 valence electrons. The summed E-state index contributed by atoms with van der Waals surface area (Å²) in [4.78, 5) is 26.0. The van der Waals surface area contributed by atoms with Gasteiger partial charge in [-0.25, -0.2) is 0 Å². The van der Waals surface area contributed by atoms with E-state index in [2.05, 4.69) is 17.4 Å². The predicted octanol–water partition coefficient (Wildman–Crippen LogP) is 3.77. The van der Waals surface area contributed by atoms with E-state index in [9.17, 15) is 9.59 Å². The van der Waals surface area contributed by atoms with Crippen LogP contribution in [-0.2, 0) is 16.7 Å². The van der Waals surface area contributed by atoms with Gasteiger partial charge in [-0.2, -0.15) is 0 Å². The van der Waals surface area contributed by atoms with Crippen LogP contribution in [0.5, 0.6) is 5.75 Å². The van der Waals surface area contributed by atoms with Crippen molar-refractivity contribution in [1.82, 2.24) is 9.88 Å². The minimum Gasteiger partial charge on any atom is -0.494 e. The second-order valence-corrected chi connectivity index (χ2v) is 8.37. The number of nitrogens with zero attached hydrogens (tertiary/aromatic N) is 1. The van der Waals surface area contributed by atoms with Crippen LogP contribution in [0.25, 0.3) is 0 Å². The molecule has 1 amide bonds. The van der Waals surface area contributed by atoms with Gasteiger partial charge >= 0.3 is 0 Å². The molecule has 6 heteroatoms. The number of nitrogens with one attached hydrogen (secondary N) is 1. The van der Waals surface area contributed by atoms with Crippen LogP contribution < -0.4 is 15.6 Å². The fourth-order valence-corrected chi connectivity index (χ4v) is 4.36. The van der Waals surface area contributed by atoms with Crippen molar-refractivity contribution in [3.05, 3.63) is 100.0 Å². The van der Waals surface area contributed by atoms with Crippen molar-refractivity contribution in [2.45, 2.75) is 31.7 Å². The summed E-state index contributed by atoms with van der Waals surface area (Å²) in [6.07, 6.45) is 3.31. The Hall–Kier alpha value is -3.38. The minimum absolute atomic E-state index is 0.155. The standard InChI is InChI=1S/C27H30N2O4/c1-2-33-23-12-10-22(11-13-23)27(14-17-32-18-15-27)20-28-25(30)24-9-6-16-29(26(24)31)19-21-7-4-3-5-8-21/h3-13,16H,2,14-15,17-20H2,1H3,(H,28,30). The lowest BCUT2D eigenvalue weighted by Gasteiger charge is -2.38. The molecule has 1 aliphatic heterocycles. The number of carbonyl (C=O) groups is 1. The molecule has 0 unspecified atom stereocenters. The summed E-state index contributed by atoms with van der Waals surface area (Å²) in [5.74, 6) is 0.481. The van der Waals surface area contributed by atoms with Gasteiger partial charge in [0.15, 0.2) is 0 Å². The van der Waals surface area contributed by atoms with Crippen LogP contribution in [0.3, 0.4) is 0 Å². The molecule has 2 aromatic carbocycles. The number of pyridine rings is 1. The molecule has 0 atom stereocenters. The van der Waals surface area contributed by atoms with E-state index in [1.807, 2.05) is 49.4 Å². The average molecular weight is 447 g/mol. The number of hydrogen-bond donors (Lipinski definition) is 1. The molecular formula is C27H30N2O4. The number of hydrogen-bond acceptors (Lipinski definition) is 4. The first-order valence-corrected chi connectivity index (χ1v) is 11.4. The van der Waals surface area contributed by atoms with Gasteiger partial charge in [-0.3, -0.25) is 9.59 Å². The molecule has 0 aliphatic carbocycles. The minimum atomic E-state index is -0.348. The summed E-state index contributed by atoms with van der Waals surface area (Å²) < 4.78 is 12.7. The Bertz CT molecular complexity index is 1120. The van der Waals surface area contributed by atoms with Gasteiger partial charge < -0.3 is 19.4 Å². The molecule has 3 aromatic rings. The van der Waals surface area contributed by atoms with Crippen LogP contribution in [0, 0.1) is 0 Å². The largest absolute Gasteiger partial charge is 0.494 e. The van der Waals surface area contributed by atoms with Gasteiger partial charge in [0, 0.05) is 31.4 Å². The van der Waals surface area contributed by atoms with E-state index >= 15 is 0 Å².